The summed E-state index contributed by atoms with van der Waals surface area (Å²) in [6.45, 7) is 3.83. The van der Waals surface area contributed by atoms with Gasteiger partial charge in [0, 0.05) is 11.6 Å². The van der Waals surface area contributed by atoms with E-state index < -0.39 is 5.91 Å². The lowest BCUT2D eigenvalue weighted by Gasteiger charge is -2.17. The fourth-order valence-corrected chi connectivity index (χ4v) is 2.75. The van der Waals surface area contributed by atoms with Gasteiger partial charge in [-0.3, -0.25) is 9.59 Å². The van der Waals surface area contributed by atoms with Gasteiger partial charge in [-0.25, -0.2) is 0 Å². The van der Waals surface area contributed by atoms with E-state index in [0.29, 0.717) is 16.7 Å². The van der Waals surface area contributed by atoms with E-state index in [0.717, 1.165) is 11.1 Å². The average Bonchev–Trinajstić information content (AvgIpc) is 2.61. The lowest BCUT2D eigenvalue weighted by Crippen LogP contribution is -2.27. The summed E-state index contributed by atoms with van der Waals surface area (Å²) in [5.41, 5.74) is 2.07. The molecule has 5 heteroatoms. The summed E-state index contributed by atoms with van der Waals surface area (Å²) in [4.78, 5) is 24.7. The smallest absolute Gasteiger partial charge is 0.287 e. The molecule has 3 rings (SSSR count). The van der Waals surface area contributed by atoms with Crippen molar-refractivity contribution >= 4 is 16.9 Å². The van der Waals surface area contributed by atoms with E-state index in [4.69, 9.17) is 9.15 Å². The molecular formula is C20H19NO4. The van der Waals surface area contributed by atoms with E-state index in [9.17, 15) is 9.59 Å². The van der Waals surface area contributed by atoms with Gasteiger partial charge in [0.15, 0.2) is 11.2 Å². The second kappa shape index (κ2) is 6.81. The molecule has 1 heterocycles. The van der Waals surface area contributed by atoms with Crippen LogP contribution in [0, 0.1) is 6.92 Å². The van der Waals surface area contributed by atoms with Gasteiger partial charge in [-0.2, -0.15) is 0 Å². The Labute approximate surface area is 145 Å². The van der Waals surface area contributed by atoms with Crippen molar-refractivity contribution < 1.29 is 13.9 Å². The maximum atomic E-state index is 12.5. The Morgan fingerprint density at radius 3 is 2.68 bits per heavy atom. The summed E-state index contributed by atoms with van der Waals surface area (Å²) in [7, 11) is 1.59. The molecule has 25 heavy (non-hydrogen) atoms. The van der Waals surface area contributed by atoms with Crippen LogP contribution in [0.2, 0.25) is 0 Å². The van der Waals surface area contributed by atoms with Crippen LogP contribution >= 0.6 is 0 Å². The van der Waals surface area contributed by atoms with Crippen LogP contribution in [0.25, 0.3) is 11.0 Å². The summed E-state index contributed by atoms with van der Waals surface area (Å²) < 4.78 is 10.9. The fraction of sp³-hybridized carbons (Fsp3) is 0.200. The third kappa shape index (κ3) is 3.40. The number of carbonyl (C=O) groups excluding carboxylic acids is 1. The number of amides is 1. The molecule has 0 aliphatic carbocycles. The van der Waals surface area contributed by atoms with Gasteiger partial charge in [0.1, 0.15) is 11.3 Å². The highest BCUT2D eigenvalue weighted by molar-refractivity contribution is 5.93. The average molecular weight is 337 g/mol. The van der Waals surface area contributed by atoms with Gasteiger partial charge in [0.2, 0.25) is 0 Å². The van der Waals surface area contributed by atoms with Crippen LogP contribution in [0.15, 0.2) is 57.7 Å². The number of hydrogen-bond donors (Lipinski definition) is 1. The SMILES string of the molecule is COc1ccc(C)cc1C(C)NC(=O)c1cc(=O)c2ccccc2o1. The number of carbonyl (C=O) groups is 1. The Kier molecular flexibility index (Phi) is 4.57. The van der Waals surface area contributed by atoms with Gasteiger partial charge in [-0.1, -0.05) is 29.8 Å². The Balaban J connectivity index is 1.90. The van der Waals surface area contributed by atoms with Crippen LogP contribution in [-0.2, 0) is 0 Å². The number of ether oxygens (including phenoxy) is 1. The van der Waals surface area contributed by atoms with Gasteiger partial charge < -0.3 is 14.5 Å². The summed E-state index contributed by atoms with van der Waals surface area (Å²) in [6, 6.07) is 13.5. The predicted octanol–water partition coefficient (Wildman–Crippen LogP) is 3.60. The summed E-state index contributed by atoms with van der Waals surface area (Å²) in [5.74, 6) is 0.236. The molecule has 2 aromatic carbocycles. The minimum atomic E-state index is -0.445. The van der Waals surface area contributed by atoms with Crippen molar-refractivity contribution in [3.8, 4) is 5.75 Å². The maximum absolute atomic E-state index is 12.5. The van der Waals surface area contributed by atoms with E-state index >= 15 is 0 Å². The molecule has 0 aliphatic heterocycles. The van der Waals surface area contributed by atoms with Crippen molar-refractivity contribution in [2.24, 2.45) is 0 Å². The quantitative estimate of drug-likeness (QED) is 0.790. The molecule has 1 atom stereocenters. The lowest BCUT2D eigenvalue weighted by atomic mass is 10.0. The minimum absolute atomic E-state index is 0.0119. The molecule has 1 aromatic heterocycles. The largest absolute Gasteiger partial charge is 0.496 e. The fourth-order valence-electron chi connectivity index (χ4n) is 2.75. The molecule has 1 N–H and O–H groups in total. The predicted molar refractivity (Wildman–Crippen MR) is 96.1 cm³/mol. The van der Waals surface area contributed by atoms with Crippen LogP contribution in [0.5, 0.6) is 5.75 Å². The third-order valence-corrected chi connectivity index (χ3v) is 4.06. The molecule has 128 valence electrons. The summed E-state index contributed by atoms with van der Waals surface area (Å²) in [6.07, 6.45) is 0. The molecule has 1 unspecified atom stereocenters. The highest BCUT2D eigenvalue weighted by Gasteiger charge is 2.18. The second-order valence-electron chi connectivity index (χ2n) is 5.91. The molecule has 1 amide bonds. The van der Waals surface area contributed by atoms with Gasteiger partial charge >= 0.3 is 0 Å². The zero-order valence-electron chi connectivity index (χ0n) is 14.3. The van der Waals surface area contributed by atoms with Crippen LogP contribution in [-0.4, -0.2) is 13.0 Å². The number of para-hydroxylation sites is 1. The second-order valence-corrected chi connectivity index (χ2v) is 5.91. The lowest BCUT2D eigenvalue weighted by molar-refractivity contribution is 0.0912. The van der Waals surface area contributed by atoms with E-state index in [-0.39, 0.29) is 17.2 Å². The molecule has 0 saturated heterocycles. The molecule has 5 nitrogen and oxygen atoms in total. The summed E-state index contributed by atoms with van der Waals surface area (Å²) >= 11 is 0. The Bertz CT molecular complexity index is 990. The molecule has 0 saturated carbocycles. The number of fused-ring (bicyclic) bond motifs is 1. The van der Waals surface area contributed by atoms with Crippen molar-refractivity contribution in [1.82, 2.24) is 5.32 Å². The number of methoxy groups -OCH3 is 1. The number of nitrogens with one attached hydrogen (secondary N) is 1. The molecule has 0 bridgehead atoms. The molecule has 3 aromatic rings. The molecule has 0 spiro atoms. The van der Waals surface area contributed by atoms with E-state index in [2.05, 4.69) is 5.32 Å². The van der Waals surface area contributed by atoms with Crippen LogP contribution in [0.1, 0.15) is 34.6 Å². The molecular weight excluding hydrogens is 318 g/mol. The number of benzene rings is 2. The first-order chi connectivity index (χ1) is 12.0. The van der Waals surface area contributed by atoms with E-state index in [1.807, 2.05) is 32.0 Å². The van der Waals surface area contributed by atoms with Gasteiger partial charge in [-0.15, -0.1) is 0 Å². The zero-order valence-corrected chi connectivity index (χ0v) is 14.3. The maximum Gasteiger partial charge on any atom is 0.287 e. The van der Waals surface area contributed by atoms with Gasteiger partial charge in [0.05, 0.1) is 18.5 Å². The number of hydrogen-bond acceptors (Lipinski definition) is 4. The van der Waals surface area contributed by atoms with Crippen LogP contribution in [0.3, 0.4) is 0 Å². The molecule has 0 fully saturated rings. The van der Waals surface area contributed by atoms with Gasteiger partial charge in [-0.05, 0) is 32.0 Å². The Morgan fingerprint density at radius 2 is 1.92 bits per heavy atom. The first kappa shape index (κ1) is 16.8. The van der Waals surface area contributed by atoms with Crippen molar-refractivity contribution in [2.45, 2.75) is 19.9 Å². The monoisotopic (exact) mass is 337 g/mol. The van der Waals surface area contributed by atoms with Crippen LogP contribution < -0.4 is 15.5 Å². The topological polar surface area (TPSA) is 68.5 Å². The first-order valence-corrected chi connectivity index (χ1v) is 7.98. The summed E-state index contributed by atoms with van der Waals surface area (Å²) in [5, 5.41) is 3.31. The van der Waals surface area contributed by atoms with Crippen molar-refractivity contribution in [2.75, 3.05) is 7.11 Å². The third-order valence-electron chi connectivity index (χ3n) is 4.06. The van der Waals surface area contributed by atoms with E-state index in [1.54, 1.807) is 31.4 Å². The van der Waals surface area contributed by atoms with E-state index in [1.165, 1.54) is 6.07 Å². The van der Waals surface area contributed by atoms with Crippen molar-refractivity contribution in [3.05, 3.63) is 75.6 Å². The normalized spacial score (nSPS) is 12.0. The van der Waals surface area contributed by atoms with Crippen LogP contribution in [0.4, 0.5) is 0 Å². The Hall–Kier alpha value is -3.08. The number of aryl methyl sites for hydroxylation is 1. The minimum Gasteiger partial charge on any atom is -0.496 e. The highest BCUT2D eigenvalue weighted by Crippen LogP contribution is 2.26. The Morgan fingerprint density at radius 1 is 1.16 bits per heavy atom. The number of rotatable bonds is 4. The zero-order chi connectivity index (χ0) is 18.0. The van der Waals surface area contributed by atoms with Crippen molar-refractivity contribution in [3.63, 3.8) is 0 Å². The molecule has 0 aliphatic rings. The standard InChI is InChI=1S/C20H19NO4/c1-12-8-9-17(24-3)15(10-12)13(2)21-20(23)19-11-16(22)14-6-4-5-7-18(14)25-19/h4-11,13H,1-3H3,(H,21,23). The highest BCUT2D eigenvalue weighted by atomic mass is 16.5. The van der Waals surface area contributed by atoms with Gasteiger partial charge in [0.25, 0.3) is 5.91 Å². The molecule has 0 radical (unpaired) electrons. The first-order valence-electron chi connectivity index (χ1n) is 7.98. The van der Waals surface area contributed by atoms with Crippen molar-refractivity contribution in [1.29, 1.82) is 0 Å².